The zero-order valence-corrected chi connectivity index (χ0v) is 13.5. The lowest BCUT2D eigenvalue weighted by Crippen LogP contribution is -2.37. The average Bonchev–Trinajstić information content (AvgIpc) is 3.00. The molecule has 1 amide bonds. The predicted molar refractivity (Wildman–Crippen MR) is 91.2 cm³/mol. The van der Waals surface area contributed by atoms with Crippen LogP contribution in [0.4, 0.5) is 0 Å². The van der Waals surface area contributed by atoms with Gasteiger partial charge in [0.1, 0.15) is 0 Å². The highest BCUT2D eigenvalue weighted by Crippen LogP contribution is 2.28. The van der Waals surface area contributed by atoms with Gasteiger partial charge < -0.3 is 10.4 Å². The molecule has 3 atom stereocenters. The second-order valence-corrected chi connectivity index (χ2v) is 6.45. The number of carbonyl (C=O) groups is 1. The van der Waals surface area contributed by atoms with E-state index < -0.39 is 6.10 Å². The summed E-state index contributed by atoms with van der Waals surface area (Å²) in [6.07, 6.45) is 1.82. The first kappa shape index (κ1) is 16.0. The summed E-state index contributed by atoms with van der Waals surface area (Å²) in [5.41, 5.74) is 1.98. The largest absolute Gasteiger partial charge is 0.392 e. The Morgan fingerprint density at radius 2 is 1.70 bits per heavy atom. The molecule has 0 bridgehead atoms. The summed E-state index contributed by atoms with van der Waals surface area (Å²) in [6.45, 7) is 0. The van der Waals surface area contributed by atoms with Crippen LogP contribution in [0.5, 0.6) is 0 Å². The van der Waals surface area contributed by atoms with E-state index in [-0.39, 0.29) is 17.9 Å². The minimum Gasteiger partial charge on any atom is -0.392 e. The molecule has 4 heteroatoms. The topological polar surface area (TPSA) is 49.3 Å². The molecule has 0 spiro atoms. The summed E-state index contributed by atoms with van der Waals surface area (Å²) in [4.78, 5) is 12.6. The van der Waals surface area contributed by atoms with Crippen LogP contribution in [0.3, 0.4) is 0 Å². The van der Waals surface area contributed by atoms with E-state index >= 15 is 0 Å². The Hall–Kier alpha value is -1.84. The molecule has 0 heterocycles. The second-order valence-electron chi connectivity index (χ2n) is 6.01. The van der Waals surface area contributed by atoms with E-state index in [1.54, 1.807) is 0 Å². The fourth-order valence-corrected chi connectivity index (χ4v) is 3.28. The van der Waals surface area contributed by atoms with Crippen LogP contribution in [0.1, 0.15) is 36.4 Å². The fourth-order valence-electron chi connectivity index (χ4n) is 3.16. The fraction of sp³-hybridized carbons (Fsp3) is 0.316. The second kappa shape index (κ2) is 7.16. The maximum atomic E-state index is 12.6. The number of aliphatic hydroxyl groups excluding tert-OH is 1. The van der Waals surface area contributed by atoms with Crippen LogP contribution in [0.15, 0.2) is 54.6 Å². The van der Waals surface area contributed by atoms with E-state index in [0.717, 1.165) is 24.0 Å². The van der Waals surface area contributed by atoms with Gasteiger partial charge >= 0.3 is 0 Å². The normalized spacial score (nSPS) is 21.8. The number of aliphatic hydroxyl groups is 1. The first-order valence-electron chi connectivity index (χ1n) is 7.94. The van der Waals surface area contributed by atoms with Crippen molar-refractivity contribution < 1.29 is 9.90 Å². The maximum Gasteiger partial charge on any atom is 0.226 e. The van der Waals surface area contributed by atoms with Gasteiger partial charge in [0.2, 0.25) is 5.91 Å². The number of halogens is 1. The maximum absolute atomic E-state index is 12.6. The molecule has 0 aromatic heterocycles. The monoisotopic (exact) mass is 329 g/mol. The van der Waals surface area contributed by atoms with Gasteiger partial charge in [-0.1, -0.05) is 54.1 Å². The minimum atomic E-state index is -0.531. The van der Waals surface area contributed by atoms with Gasteiger partial charge in [-0.05, 0) is 42.5 Å². The Balaban J connectivity index is 1.86. The highest BCUT2D eigenvalue weighted by atomic mass is 35.5. The van der Waals surface area contributed by atoms with E-state index in [1.807, 2.05) is 54.6 Å². The third kappa shape index (κ3) is 3.74. The van der Waals surface area contributed by atoms with Gasteiger partial charge in [0, 0.05) is 5.02 Å². The first-order valence-corrected chi connectivity index (χ1v) is 8.32. The van der Waals surface area contributed by atoms with Gasteiger partial charge in [-0.2, -0.15) is 0 Å². The minimum absolute atomic E-state index is 0.0844. The lowest BCUT2D eigenvalue weighted by molar-refractivity contribution is -0.128. The molecular weight excluding hydrogens is 310 g/mol. The molecule has 1 saturated carbocycles. The summed E-state index contributed by atoms with van der Waals surface area (Å²) in [7, 11) is 0. The zero-order chi connectivity index (χ0) is 16.2. The number of rotatable bonds is 4. The van der Waals surface area contributed by atoms with Gasteiger partial charge in [-0.3, -0.25) is 4.79 Å². The molecule has 3 unspecified atom stereocenters. The van der Waals surface area contributed by atoms with Crippen LogP contribution in [0.2, 0.25) is 5.02 Å². The van der Waals surface area contributed by atoms with Crippen molar-refractivity contribution in [3.8, 4) is 0 Å². The molecule has 1 aliphatic rings. The van der Waals surface area contributed by atoms with Crippen LogP contribution in [-0.2, 0) is 4.79 Å². The van der Waals surface area contributed by atoms with Crippen LogP contribution in [0.25, 0.3) is 0 Å². The van der Waals surface area contributed by atoms with Crippen LogP contribution >= 0.6 is 11.6 Å². The van der Waals surface area contributed by atoms with Crippen LogP contribution in [0, 0.1) is 5.92 Å². The van der Waals surface area contributed by atoms with Crippen molar-refractivity contribution in [2.45, 2.75) is 31.4 Å². The van der Waals surface area contributed by atoms with Crippen LogP contribution in [-0.4, -0.2) is 17.1 Å². The van der Waals surface area contributed by atoms with Crippen molar-refractivity contribution in [3.63, 3.8) is 0 Å². The number of amides is 1. The third-order valence-electron chi connectivity index (χ3n) is 4.44. The quantitative estimate of drug-likeness (QED) is 0.898. The summed E-state index contributed by atoms with van der Waals surface area (Å²) < 4.78 is 0. The molecule has 0 saturated heterocycles. The molecule has 1 aliphatic carbocycles. The Morgan fingerprint density at radius 1 is 1.04 bits per heavy atom. The summed E-state index contributed by atoms with van der Waals surface area (Å²) >= 11 is 5.97. The van der Waals surface area contributed by atoms with Gasteiger partial charge in [-0.15, -0.1) is 0 Å². The van der Waals surface area contributed by atoms with E-state index in [1.165, 1.54) is 0 Å². The molecule has 2 aromatic rings. The molecule has 2 N–H and O–H groups in total. The number of carbonyl (C=O) groups excluding carboxylic acids is 1. The van der Waals surface area contributed by atoms with Crippen molar-refractivity contribution >= 4 is 17.5 Å². The Labute approximate surface area is 141 Å². The lowest BCUT2D eigenvalue weighted by atomic mass is 9.97. The van der Waals surface area contributed by atoms with Gasteiger partial charge in [0.05, 0.1) is 18.1 Å². The van der Waals surface area contributed by atoms with Crippen LogP contribution < -0.4 is 5.32 Å². The summed E-state index contributed by atoms with van der Waals surface area (Å²) in [5, 5.41) is 13.7. The molecular formula is C19H20ClNO2. The van der Waals surface area contributed by atoms with Crippen molar-refractivity contribution in [1.29, 1.82) is 0 Å². The lowest BCUT2D eigenvalue weighted by Gasteiger charge is -2.23. The summed E-state index contributed by atoms with van der Waals surface area (Å²) in [5.74, 6) is -0.396. The SMILES string of the molecule is O=C(NC(c1ccccc1)c1ccc(Cl)cc1)C1CCCC1O. The molecule has 2 aromatic carbocycles. The third-order valence-corrected chi connectivity index (χ3v) is 4.69. The van der Waals surface area contributed by atoms with Crippen molar-refractivity contribution in [3.05, 3.63) is 70.7 Å². The highest BCUT2D eigenvalue weighted by molar-refractivity contribution is 6.30. The van der Waals surface area contributed by atoms with Gasteiger partial charge in [-0.25, -0.2) is 0 Å². The van der Waals surface area contributed by atoms with Crippen molar-refractivity contribution in [1.82, 2.24) is 5.32 Å². The Bertz CT molecular complexity index is 657. The van der Waals surface area contributed by atoms with E-state index in [4.69, 9.17) is 11.6 Å². The number of hydrogen-bond acceptors (Lipinski definition) is 2. The predicted octanol–water partition coefficient (Wildman–Crippen LogP) is 3.71. The van der Waals surface area contributed by atoms with Gasteiger partial charge in [0.25, 0.3) is 0 Å². The molecule has 0 aliphatic heterocycles. The van der Waals surface area contributed by atoms with Crippen molar-refractivity contribution in [2.75, 3.05) is 0 Å². The number of hydrogen-bond donors (Lipinski definition) is 2. The molecule has 1 fully saturated rings. The standard InChI is InChI=1S/C19H20ClNO2/c20-15-11-9-14(10-12-15)18(13-5-2-1-3-6-13)21-19(23)16-7-4-8-17(16)22/h1-3,5-6,9-12,16-18,22H,4,7-8H2,(H,21,23). The zero-order valence-electron chi connectivity index (χ0n) is 12.8. The molecule has 120 valence electrons. The Kier molecular flexibility index (Phi) is 4.99. The van der Waals surface area contributed by atoms with Crippen molar-refractivity contribution in [2.24, 2.45) is 5.92 Å². The summed E-state index contributed by atoms with van der Waals surface area (Å²) in [6, 6.07) is 17.1. The number of benzene rings is 2. The highest BCUT2D eigenvalue weighted by Gasteiger charge is 2.32. The van der Waals surface area contributed by atoms with E-state index in [9.17, 15) is 9.90 Å². The molecule has 23 heavy (non-hydrogen) atoms. The first-order chi connectivity index (χ1) is 11.1. The molecule has 0 radical (unpaired) electrons. The Morgan fingerprint density at radius 3 is 2.30 bits per heavy atom. The van der Waals surface area contributed by atoms with Gasteiger partial charge in [0.15, 0.2) is 0 Å². The molecule has 3 rings (SSSR count). The molecule has 3 nitrogen and oxygen atoms in total. The van der Waals surface area contributed by atoms with E-state index in [2.05, 4.69) is 5.32 Å². The average molecular weight is 330 g/mol. The smallest absolute Gasteiger partial charge is 0.226 e. The number of nitrogens with one attached hydrogen (secondary N) is 1. The van der Waals surface area contributed by atoms with E-state index in [0.29, 0.717) is 11.4 Å².